The van der Waals surface area contributed by atoms with E-state index < -0.39 is 33.6 Å². The van der Waals surface area contributed by atoms with E-state index in [4.69, 9.17) is 34.8 Å². The second-order valence-electron chi connectivity index (χ2n) is 4.99. The normalized spacial score (nSPS) is 12.1. The Hall–Kier alpha value is -1.48. The molecule has 26 heavy (non-hydrogen) atoms. The molecule has 0 fully saturated rings. The van der Waals surface area contributed by atoms with Gasteiger partial charge < -0.3 is 0 Å². The first-order chi connectivity index (χ1) is 11.9. The van der Waals surface area contributed by atoms with Crippen molar-refractivity contribution in [1.82, 2.24) is 0 Å². The minimum Gasteiger partial charge on any atom is -0.279 e. The Kier molecular flexibility index (Phi) is 6.12. The monoisotopic (exact) mass is 445 g/mol. The predicted octanol–water partition coefficient (Wildman–Crippen LogP) is 4.97. The van der Waals surface area contributed by atoms with Crippen molar-refractivity contribution < 1.29 is 26.4 Å². The number of carbonyl (C=O) groups is 1. The maximum absolute atomic E-state index is 12.9. The van der Waals surface area contributed by atoms with Gasteiger partial charge in [0.05, 0.1) is 26.2 Å². The van der Waals surface area contributed by atoms with E-state index in [1.807, 2.05) is 0 Å². The first kappa shape index (κ1) is 20.8. The highest BCUT2D eigenvalue weighted by Crippen LogP contribution is 2.34. The number of rotatable bonds is 5. The molecule has 0 bridgehead atoms. The molecule has 2 aromatic rings. The first-order valence-electron chi connectivity index (χ1n) is 6.76. The van der Waals surface area contributed by atoms with Crippen molar-refractivity contribution in [3.63, 3.8) is 0 Å². The van der Waals surface area contributed by atoms with Crippen LogP contribution in [-0.4, -0.2) is 20.2 Å². The van der Waals surface area contributed by atoms with Crippen LogP contribution in [0.2, 0.25) is 10.0 Å². The van der Waals surface area contributed by atoms with Gasteiger partial charge in [-0.2, -0.15) is 13.2 Å². The predicted molar refractivity (Wildman–Crippen MR) is 93.3 cm³/mol. The van der Waals surface area contributed by atoms with Crippen molar-refractivity contribution in [2.24, 2.45) is 0 Å². The van der Waals surface area contributed by atoms with Crippen LogP contribution in [0.5, 0.6) is 0 Å². The fourth-order valence-electron chi connectivity index (χ4n) is 2.03. The summed E-state index contributed by atoms with van der Waals surface area (Å²) in [5.41, 5.74) is -1.45. The molecule has 0 spiro atoms. The summed E-state index contributed by atoms with van der Waals surface area (Å²) in [6.07, 6.45) is -4.69. The SMILES string of the molecule is O=C(Cl)CN(c1cccc(C(F)(F)F)c1)S(=O)(=O)c1ccc(Cl)c(Cl)c1. The molecule has 0 aliphatic carbocycles. The Morgan fingerprint density at radius 3 is 2.23 bits per heavy atom. The molecular formula is C15H9Cl3F3NO3S. The molecule has 2 aromatic carbocycles. The van der Waals surface area contributed by atoms with Gasteiger partial charge in [0, 0.05) is 0 Å². The molecule has 0 N–H and O–H groups in total. The van der Waals surface area contributed by atoms with Crippen molar-refractivity contribution in [3.05, 3.63) is 58.1 Å². The Bertz CT molecular complexity index is 949. The van der Waals surface area contributed by atoms with E-state index in [-0.39, 0.29) is 20.6 Å². The van der Waals surface area contributed by atoms with E-state index in [1.54, 1.807) is 0 Å². The number of halogens is 6. The van der Waals surface area contributed by atoms with Crippen LogP contribution in [0.4, 0.5) is 18.9 Å². The van der Waals surface area contributed by atoms with E-state index >= 15 is 0 Å². The van der Waals surface area contributed by atoms with Gasteiger partial charge in [0.25, 0.3) is 10.0 Å². The third-order valence-corrected chi connectivity index (χ3v) is 5.84. The molecule has 0 saturated carbocycles. The van der Waals surface area contributed by atoms with E-state index in [1.165, 1.54) is 6.07 Å². The summed E-state index contributed by atoms with van der Waals surface area (Å²) >= 11 is 16.8. The zero-order valence-corrected chi connectivity index (χ0v) is 15.7. The summed E-state index contributed by atoms with van der Waals surface area (Å²) in [7, 11) is -4.43. The molecule has 0 aromatic heterocycles. The Labute approximate surface area is 162 Å². The lowest BCUT2D eigenvalue weighted by Crippen LogP contribution is -2.34. The van der Waals surface area contributed by atoms with Gasteiger partial charge in [0.2, 0.25) is 5.24 Å². The second-order valence-corrected chi connectivity index (χ2v) is 8.09. The molecule has 0 heterocycles. The van der Waals surface area contributed by atoms with Crippen LogP contribution in [0.15, 0.2) is 47.4 Å². The van der Waals surface area contributed by atoms with Crippen molar-refractivity contribution in [3.8, 4) is 0 Å². The summed E-state index contributed by atoms with van der Waals surface area (Å²) < 4.78 is 64.9. The van der Waals surface area contributed by atoms with Gasteiger partial charge in [0.15, 0.2) is 0 Å². The highest BCUT2D eigenvalue weighted by Gasteiger charge is 2.33. The van der Waals surface area contributed by atoms with Crippen LogP contribution in [0.3, 0.4) is 0 Å². The van der Waals surface area contributed by atoms with Crippen molar-refractivity contribution >= 4 is 55.8 Å². The van der Waals surface area contributed by atoms with Gasteiger partial charge in [-0.3, -0.25) is 9.10 Å². The summed E-state index contributed by atoms with van der Waals surface area (Å²) in [6, 6.07) is 6.87. The zero-order chi connectivity index (χ0) is 19.7. The number of benzene rings is 2. The Morgan fingerprint density at radius 1 is 1.04 bits per heavy atom. The van der Waals surface area contributed by atoms with E-state index in [0.29, 0.717) is 10.4 Å². The number of hydrogen-bond donors (Lipinski definition) is 0. The fraction of sp³-hybridized carbons (Fsp3) is 0.133. The lowest BCUT2D eigenvalue weighted by molar-refractivity contribution is -0.137. The molecule has 0 unspecified atom stereocenters. The van der Waals surface area contributed by atoms with Crippen LogP contribution in [-0.2, 0) is 21.0 Å². The highest BCUT2D eigenvalue weighted by molar-refractivity contribution is 7.92. The first-order valence-corrected chi connectivity index (χ1v) is 9.33. The smallest absolute Gasteiger partial charge is 0.279 e. The van der Waals surface area contributed by atoms with E-state index in [9.17, 15) is 26.4 Å². The summed E-state index contributed by atoms with van der Waals surface area (Å²) in [6.45, 7) is -0.870. The summed E-state index contributed by atoms with van der Waals surface area (Å²) in [4.78, 5) is 10.9. The van der Waals surface area contributed by atoms with Crippen molar-refractivity contribution in [2.75, 3.05) is 10.8 Å². The van der Waals surface area contributed by atoms with Gasteiger partial charge in [-0.15, -0.1) is 0 Å². The molecule has 0 radical (unpaired) electrons. The Morgan fingerprint density at radius 2 is 1.69 bits per heavy atom. The lowest BCUT2D eigenvalue weighted by Gasteiger charge is -2.24. The van der Waals surface area contributed by atoms with Gasteiger partial charge in [-0.05, 0) is 48.0 Å². The topological polar surface area (TPSA) is 54.5 Å². The van der Waals surface area contributed by atoms with Crippen LogP contribution in [0.1, 0.15) is 5.56 Å². The largest absolute Gasteiger partial charge is 0.416 e. The number of alkyl halides is 3. The maximum Gasteiger partial charge on any atom is 0.416 e. The lowest BCUT2D eigenvalue weighted by atomic mass is 10.2. The molecule has 0 amide bonds. The molecule has 0 atom stereocenters. The fourth-order valence-corrected chi connectivity index (χ4v) is 4.02. The Balaban J connectivity index is 2.60. The molecule has 0 aliphatic heterocycles. The van der Waals surface area contributed by atoms with E-state index in [0.717, 1.165) is 30.3 Å². The van der Waals surface area contributed by atoms with Gasteiger partial charge in [-0.25, -0.2) is 8.42 Å². The number of hydrogen-bond acceptors (Lipinski definition) is 3. The average Bonchev–Trinajstić information content (AvgIpc) is 2.54. The minimum absolute atomic E-state index is 0.0751. The van der Waals surface area contributed by atoms with Gasteiger partial charge in [0.1, 0.15) is 6.54 Å². The number of carbonyl (C=O) groups excluding carboxylic acids is 1. The highest BCUT2D eigenvalue weighted by atomic mass is 35.5. The van der Waals surface area contributed by atoms with E-state index in [2.05, 4.69) is 0 Å². The quantitative estimate of drug-likeness (QED) is 0.609. The van der Waals surface area contributed by atoms with Crippen LogP contribution in [0.25, 0.3) is 0 Å². The third kappa shape index (κ3) is 4.62. The molecule has 0 saturated heterocycles. The molecule has 4 nitrogen and oxygen atoms in total. The molecule has 2 rings (SSSR count). The average molecular weight is 447 g/mol. The third-order valence-electron chi connectivity index (χ3n) is 3.21. The molecule has 140 valence electrons. The van der Waals surface area contributed by atoms with Crippen molar-refractivity contribution in [1.29, 1.82) is 0 Å². The molecular weight excluding hydrogens is 438 g/mol. The minimum atomic E-state index is -4.69. The summed E-state index contributed by atoms with van der Waals surface area (Å²) in [5.74, 6) is 0. The molecule has 11 heteroatoms. The second kappa shape index (κ2) is 7.64. The van der Waals surface area contributed by atoms with Gasteiger partial charge >= 0.3 is 6.18 Å². The molecule has 0 aliphatic rings. The van der Waals surface area contributed by atoms with Crippen LogP contribution >= 0.6 is 34.8 Å². The maximum atomic E-state index is 12.9. The number of nitrogens with zero attached hydrogens (tertiary/aromatic N) is 1. The van der Waals surface area contributed by atoms with Crippen molar-refractivity contribution in [2.45, 2.75) is 11.1 Å². The van der Waals surface area contributed by atoms with Crippen LogP contribution in [0, 0.1) is 0 Å². The number of sulfonamides is 1. The zero-order valence-electron chi connectivity index (χ0n) is 12.6. The number of anilines is 1. The standard InChI is InChI=1S/C15H9Cl3F3NO3S/c16-12-5-4-11(7-13(12)17)26(24,25)22(8-14(18)23)10-3-1-2-9(6-10)15(19,20)21/h1-7H,8H2. The van der Waals surface area contributed by atoms with Crippen LogP contribution < -0.4 is 4.31 Å². The summed E-state index contributed by atoms with van der Waals surface area (Å²) in [5, 5.41) is -1.07. The van der Waals surface area contributed by atoms with Gasteiger partial charge in [-0.1, -0.05) is 29.3 Å².